The lowest BCUT2D eigenvalue weighted by Crippen LogP contribution is -2.09. The third-order valence-corrected chi connectivity index (χ3v) is 3.04. The lowest BCUT2D eigenvalue weighted by atomic mass is 10.1. The van der Waals surface area contributed by atoms with Crippen LogP contribution in [-0.4, -0.2) is 22.7 Å². The Morgan fingerprint density at radius 1 is 1.32 bits per heavy atom. The van der Waals surface area contributed by atoms with Gasteiger partial charge in [-0.1, -0.05) is 0 Å². The lowest BCUT2D eigenvalue weighted by Gasteiger charge is -2.05. The van der Waals surface area contributed by atoms with Gasteiger partial charge in [-0.15, -0.1) is 0 Å². The zero-order valence-corrected chi connectivity index (χ0v) is 11.5. The van der Waals surface area contributed by atoms with Crippen LogP contribution in [0.3, 0.4) is 0 Å². The second-order valence-electron chi connectivity index (χ2n) is 4.42. The van der Waals surface area contributed by atoms with Gasteiger partial charge in [0, 0.05) is 17.8 Å². The smallest absolute Gasteiger partial charge is 0.168 e. The Labute approximate surface area is 113 Å². The third kappa shape index (κ3) is 3.02. The predicted molar refractivity (Wildman–Crippen MR) is 73.7 cm³/mol. The van der Waals surface area contributed by atoms with Crippen LogP contribution >= 0.6 is 0 Å². The summed E-state index contributed by atoms with van der Waals surface area (Å²) in [5.74, 6) is 0.850. The number of Topliss-reactive ketones (excluding diaryl/α,β-unsaturated/α-hetero) is 1. The summed E-state index contributed by atoms with van der Waals surface area (Å²) in [6.07, 6.45) is 0.376. The number of hydrogen-bond donors (Lipinski definition) is 0. The monoisotopic (exact) mass is 258 g/mol. The lowest BCUT2D eigenvalue weighted by molar-refractivity contribution is 0.0990. The average Bonchev–Trinajstić information content (AvgIpc) is 2.78. The number of hydrogen-bond acceptors (Lipinski definition) is 3. The highest BCUT2D eigenvalue weighted by Gasteiger charge is 2.11. The van der Waals surface area contributed by atoms with Crippen molar-refractivity contribution in [2.45, 2.75) is 26.8 Å². The number of benzene rings is 1. The van der Waals surface area contributed by atoms with Crippen LogP contribution < -0.4 is 4.74 Å². The van der Waals surface area contributed by atoms with Gasteiger partial charge in [-0.25, -0.2) is 0 Å². The van der Waals surface area contributed by atoms with Gasteiger partial charge in [0.25, 0.3) is 0 Å². The molecular weight excluding hydrogens is 240 g/mol. The molecule has 0 saturated carbocycles. The van der Waals surface area contributed by atoms with E-state index in [1.165, 1.54) is 0 Å². The molecule has 0 radical (unpaired) electrons. The molecule has 0 aliphatic rings. The number of carbonyl (C=O) groups excluding carboxylic acids is 1. The standard InChI is InChI=1S/C15H18N2O2/c1-4-17-13(9-11(2)16-17)10-15(18)12-5-7-14(19-3)8-6-12/h5-9H,4,10H2,1-3H3. The molecule has 2 aromatic rings. The molecule has 2 rings (SSSR count). The van der Waals surface area contributed by atoms with E-state index in [9.17, 15) is 4.79 Å². The molecular formula is C15H18N2O2. The van der Waals surface area contributed by atoms with Crippen LogP contribution in [0.25, 0.3) is 0 Å². The predicted octanol–water partition coefficient (Wildman–Crippen LogP) is 2.65. The number of carbonyl (C=O) groups is 1. The molecule has 0 aliphatic carbocycles. The highest BCUT2D eigenvalue weighted by molar-refractivity contribution is 5.97. The molecule has 0 unspecified atom stereocenters. The van der Waals surface area contributed by atoms with Crippen molar-refractivity contribution >= 4 is 5.78 Å². The van der Waals surface area contributed by atoms with Gasteiger partial charge in [-0.05, 0) is 44.2 Å². The molecule has 0 fully saturated rings. The Balaban J connectivity index is 2.15. The molecule has 0 bridgehead atoms. The first-order chi connectivity index (χ1) is 9.13. The SMILES string of the molecule is CCn1nc(C)cc1CC(=O)c1ccc(OC)cc1. The maximum Gasteiger partial charge on any atom is 0.168 e. The Morgan fingerprint density at radius 3 is 2.58 bits per heavy atom. The van der Waals surface area contributed by atoms with E-state index in [0.29, 0.717) is 12.0 Å². The first kappa shape index (κ1) is 13.3. The molecule has 19 heavy (non-hydrogen) atoms. The normalized spacial score (nSPS) is 10.5. The van der Waals surface area contributed by atoms with E-state index in [2.05, 4.69) is 5.10 Å². The van der Waals surface area contributed by atoms with Crippen molar-refractivity contribution in [3.63, 3.8) is 0 Å². The molecule has 0 aliphatic heterocycles. The van der Waals surface area contributed by atoms with Gasteiger partial charge >= 0.3 is 0 Å². The number of aryl methyl sites for hydroxylation is 2. The van der Waals surface area contributed by atoms with Gasteiger partial charge < -0.3 is 4.74 Å². The quantitative estimate of drug-likeness (QED) is 0.774. The molecule has 1 aromatic heterocycles. The Hall–Kier alpha value is -2.10. The number of ketones is 1. The van der Waals surface area contributed by atoms with Crippen molar-refractivity contribution in [1.29, 1.82) is 0 Å². The van der Waals surface area contributed by atoms with Crippen molar-refractivity contribution in [3.05, 3.63) is 47.3 Å². The van der Waals surface area contributed by atoms with Crippen LogP contribution in [0.15, 0.2) is 30.3 Å². The van der Waals surface area contributed by atoms with E-state index in [1.54, 1.807) is 31.4 Å². The van der Waals surface area contributed by atoms with E-state index < -0.39 is 0 Å². The molecule has 1 heterocycles. The second kappa shape index (κ2) is 5.69. The highest BCUT2D eigenvalue weighted by atomic mass is 16.5. The van der Waals surface area contributed by atoms with Crippen LogP contribution in [0.4, 0.5) is 0 Å². The van der Waals surface area contributed by atoms with Crippen molar-refractivity contribution in [1.82, 2.24) is 9.78 Å². The first-order valence-corrected chi connectivity index (χ1v) is 6.34. The molecule has 1 aromatic carbocycles. The molecule has 0 atom stereocenters. The number of methoxy groups -OCH3 is 1. The maximum atomic E-state index is 12.2. The van der Waals surface area contributed by atoms with Crippen LogP contribution in [0.2, 0.25) is 0 Å². The van der Waals surface area contributed by atoms with Crippen LogP contribution in [-0.2, 0) is 13.0 Å². The maximum absolute atomic E-state index is 12.2. The average molecular weight is 258 g/mol. The van der Waals surface area contributed by atoms with Gasteiger partial charge in [-0.2, -0.15) is 5.10 Å². The Kier molecular flexibility index (Phi) is 4.00. The largest absolute Gasteiger partial charge is 0.497 e. The van der Waals surface area contributed by atoms with Crippen LogP contribution in [0.1, 0.15) is 28.7 Å². The van der Waals surface area contributed by atoms with Crippen LogP contribution in [0.5, 0.6) is 5.75 Å². The summed E-state index contributed by atoms with van der Waals surface area (Å²) < 4.78 is 6.95. The van der Waals surface area contributed by atoms with Gasteiger partial charge in [0.2, 0.25) is 0 Å². The zero-order valence-electron chi connectivity index (χ0n) is 11.5. The minimum atomic E-state index is 0.0947. The summed E-state index contributed by atoms with van der Waals surface area (Å²) in [5.41, 5.74) is 2.60. The third-order valence-electron chi connectivity index (χ3n) is 3.04. The summed E-state index contributed by atoms with van der Waals surface area (Å²) in [7, 11) is 1.61. The van der Waals surface area contributed by atoms with E-state index in [1.807, 2.05) is 24.6 Å². The summed E-state index contributed by atoms with van der Waals surface area (Å²) in [6, 6.07) is 9.15. The fraction of sp³-hybridized carbons (Fsp3) is 0.333. The minimum Gasteiger partial charge on any atom is -0.497 e. The highest BCUT2D eigenvalue weighted by Crippen LogP contribution is 2.14. The number of aromatic nitrogens is 2. The van der Waals surface area contributed by atoms with Crippen LogP contribution in [0, 0.1) is 6.92 Å². The van der Waals surface area contributed by atoms with Crippen molar-refractivity contribution in [3.8, 4) is 5.75 Å². The number of nitrogens with zero attached hydrogens (tertiary/aromatic N) is 2. The fourth-order valence-corrected chi connectivity index (χ4v) is 2.06. The number of rotatable bonds is 5. The van der Waals surface area contributed by atoms with Crippen molar-refractivity contribution in [2.24, 2.45) is 0 Å². The molecule has 4 nitrogen and oxygen atoms in total. The number of ether oxygens (including phenoxy) is 1. The van der Waals surface area contributed by atoms with Gasteiger partial charge in [0.05, 0.1) is 19.2 Å². The minimum absolute atomic E-state index is 0.0947. The van der Waals surface area contributed by atoms with E-state index >= 15 is 0 Å². The molecule has 0 N–H and O–H groups in total. The van der Waals surface area contributed by atoms with E-state index in [4.69, 9.17) is 4.74 Å². The molecule has 0 saturated heterocycles. The van der Waals surface area contributed by atoms with Crippen molar-refractivity contribution < 1.29 is 9.53 Å². The summed E-state index contributed by atoms with van der Waals surface area (Å²) >= 11 is 0. The molecule has 100 valence electrons. The molecule has 4 heteroatoms. The zero-order chi connectivity index (χ0) is 13.8. The summed E-state index contributed by atoms with van der Waals surface area (Å²) in [6.45, 7) is 4.74. The van der Waals surface area contributed by atoms with E-state index in [0.717, 1.165) is 23.7 Å². The Morgan fingerprint density at radius 2 is 2.00 bits per heavy atom. The second-order valence-corrected chi connectivity index (χ2v) is 4.42. The molecule has 0 spiro atoms. The van der Waals surface area contributed by atoms with Gasteiger partial charge in [-0.3, -0.25) is 9.48 Å². The fourth-order valence-electron chi connectivity index (χ4n) is 2.06. The van der Waals surface area contributed by atoms with Crippen molar-refractivity contribution in [2.75, 3.05) is 7.11 Å². The first-order valence-electron chi connectivity index (χ1n) is 6.34. The van der Waals surface area contributed by atoms with Gasteiger partial charge in [0.1, 0.15) is 5.75 Å². The molecule has 0 amide bonds. The van der Waals surface area contributed by atoms with E-state index in [-0.39, 0.29) is 5.78 Å². The Bertz CT molecular complexity index is 570. The topological polar surface area (TPSA) is 44.1 Å². The summed E-state index contributed by atoms with van der Waals surface area (Å²) in [4.78, 5) is 12.2. The summed E-state index contributed by atoms with van der Waals surface area (Å²) in [5, 5.41) is 4.35. The van der Waals surface area contributed by atoms with Gasteiger partial charge in [0.15, 0.2) is 5.78 Å².